The van der Waals surface area contributed by atoms with Gasteiger partial charge >= 0.3 is 0 Å². The normalized spacial score (nSPS) is 10.2. The molecule has 14 heavy (non-hydrogen) atoms. The van der Waals surface area contributed by atoms with E-state index in [2.05, 4.69) is 11.6 Å². The molecule has 0 spiro atoms. The third-order valence-electron chi connectivity index (χ3n) is 2.04. The van der Waals surface area contributed by atoms with Crippen molar-refractivity contribution in [3.63, 3.8) is 0 Å². The molecule has 0 saturated carbocycles. The molecule has 0 aliphatic rings. The number of rotatable bonds is 5. The number of nitrogens with one attached hydrogen (secondary N) is 1. The molecular formula is C11H16FNS. The molecule has 0 aromatic heterocycles. The Morgan fingerprint density at radius 3 is 2.93 bits per heavy atom. The zero-order chi connectivity index (χ0) is 10.4. The number of hydrogen-bond acceptors (Lipinski definition) is 2. The van der Waals surface area contributed by atoms with Crippen molar-refractivity contribution in [3.05, 3.63) is 29.6 Å². The second kappa shape index (κ2) is 5.91. The standard InChI is InChI=1S/C11H16FNS/c1-9-4-5-10(12)8-11(9)13-6-3-7-14-2/h4-5,8,13H,3,6-7H2,1-2H3. The number of thioether (sulfide) groups is 1. The molecule has 1 aromatic rings. The van der Waals surface area contributed by atoms with Crippen molar-refractivity contribution in [2.24, 2.45) is 0 Å². The van der Waals surface area contributed by atoms with Crippen LogP contribution in [0.5, 0.6) is 0 Å². The molecule has 0 unspecified atom stereocenters. The van der Waals surface area contributed by atoms with E-state index in [0.717, 1.165) is 30.0 Å². The van der Waals surface area contributed by atoms with E-state index in [1.54, 1.807) is 12.1 Å². The van der Waals surface area contributed by atoms with Crippen LogP contribution < -0.4 is 5.32 Å². The molecule has 3 heteroatoms. The third kappa shape index (κ3) is 3.58. The smallest absolute Gasteiger partial charge is 0.125 e. The molecule has 0 bridgehead atoms. The Morgan fingerprint density at radius 1 is 1.43 bits per heavy atom. The van der Waals surface area contributed by atoms with E-state index in [0.29, 0.717) is 0 Å². The van der Waals surface area contributed by atoms with Crippen molar-refractivity contribution in [2.75, 3.05) is 23.9 Å². The molecule has 0 amide bonds. The van der Waals surface area contributed by atoms with Crippen LogP contribution in [0.4, 0.5) is 10.1 Å². The summed E-state index contributed by atoms with van der Waals surface area (Å²) in [4.78, 5) is 0. The van der Waals surface area contributed by atoms with Crippen LogP contribution in [0.2, 0.25) is 0 Å². The number of hydrogen-bond donors (Lipinski definition) is 1. The summed E-state index contributed by atoms with van der Waals surface area (Å²) in [7, 11) is 0. The van der Waals surface area contributed by atoms with Crippen LogP contribution in [0, 0.1) is 12.7 Å². The molecule has 1 N–H and O–H groups in total. The molecule has 0 aliphatic carbocycles. The first kappa shape index (κ1) is 11.4. The molecule has 1 rings (SSSR count). The number of anilines is 1. The first-order valence-corrected chi connectivity index (χ1v) is 6.12. The largest absolute Gasteiger partial charge is 0.385 e. The number of halogens is 1. The quantitative estimate of drug-likeness (QED) is 0.753. The topological polar surface area (TPSA) is 12.0 Å². The van der Waals surface area contributed by atoms with E-state index < -0.39 is 0 Å². The van der Waals surface area contributed by atoms with Crippen LogP contribution in [-0.4, -0.2) is 18.6 Å². The molecule has 0 aliphatic heterocycles. The van der Waals surface area contributed by atoms with Crippen molar-refractivity contribution < 1.29 is 4.39 Å². The Balaban J connectivity index is 2.45. The Kier molecular flexibility index (Phi) is 4.80. The van der Waals surface area contributed by atoms with Crippen molar-refractivity contribution in [2.45, 2.75) is 13.3 Å². The molecule has 0 atom stereocenters. The van der Waals surface area contributed by atoms with E-state index in [4.69, 9.17) is 0 Å². The fraction of sp³-hybridized carbons (Fsp3) is 0.455. The highest BCUT2D eigenvalue weighted by Crippen LogP contribution is 2.15. The van der Waals surface area contributed by atoms with Gasteiger partial charge in [-0.15, -0.1) is 0 Å². The zero-order valence-electron chi connectivity index (χ0n) is 8.64. The Morgan fingerprint density at radius 2 is 2.21 bits per heavy atom. The van der Waals surface area contributed by atoms with Crippen LogP contribution in [-0.2, 0) is 0 Å². The van der Waals surface area contributed by atoms with Crippen LogP contribution in [0.25, 0.3) is 0 Å². The van der Waals surface area contributed by atoms with Gasteiger partial charge in [-0.3, -0.25) is 0 Å². The van der Waals surface area contributed by atoms with Crippen LogP contribution in [0.3, 0.4) is 0 Å². The maximum Gasteiger partial charge on any atom is 0.125 e. The second-order valence-electron chi connectivity index (χ2n) is 3.23. The molecule has 1 aromatic carbocycles. The highest BCUT2D eigenvalue weighted by Gasteiger charge is 1.98. The summed E-state index contributed by atoms with van der Waals surface area (Å²) in [5.74, 6) is 0.962. The fourth-order valence-corrected chi connectivity index (χ4v) is 1.66. The first-order valence-electron chi connectivity index (χ1n) is 4.73. The third-order valence-corrected chi connectivity index (χ3v) is 2.74. The zero-order valence-corrected chi connectivity index (χ0v) is 9.46. The average molecular weight is 213 g/mol. The lowest BCUT2D eigenvalue weighted by molar-refractivity contribution is 0.628. The minimum Gasteiger partial charge on any atom is -0.385 e. The lowest BCUT2D eigenvalue weighted by Crippen LogP contribution is -2.04. The van der Waals surface area contributed by atoms with Gasteiger partial charge in [-0.1, -0.05) is 6.07 Å². The lowest BCUT2D eigenvalue weighted by atomic mass is 10.2. The van der Waals surface area contributed by atoms with E-state index in [1.165, 1.54) is 6.07 Å². The van der Waals surface area contributed by atoms with E-state index >= 15 is 0 Å². The molecule has 0 radical (unpaired) electrons. The highest BCUT2D eigenvalue weighted by molar-refractivity contribution is 7.98. The van der Waals surface area contributed by atoms with Gasteiger partial charge in [0.25, 0.3) is 0 Å². The fourth-order valence-electron chi connectivity index (χ4n) is 1.22. The average Bonchev–Trinajstić information content (AvgIpc) is 2.18. The molecule has 0 fully saturated rings. The minimum atomic E-state index is -0.178. The van der Waals surface area contributed by atoms with Gasteiger partial charge in [-0.05, 0) is 43.0 Å². The summed E-state index contributed by atoms with van der Waals surface area (Å²) in [5, 5.41) is 3.24. The van der Waals surface area contributed by atoms with Crippen LogP contribution in [0.1, 0.15) is 12.0 Å². The first-order chi connectivity index (χ1) is 6.74. The second-order valence-corrected chi connectivity index (χ2v) is 4.22. The summed E-state index contributed by atoms with van der Waals surface area (Å²) in [6.07, 6.45) is 3.20. The number of aryl methyl sites for hydroxylation is 1. The van der Waals surface area contributed by atoms with Gasteiger partial charge < -0.3 is 5.32 Å². The summed E-state index contributed by atoms with van der Waals surface area (Å²) >= 11 is 1.83. The van der Waals surface area contributed by atoms with Gasteiger partial charge in [0.2, 0.25) is 0 Å². The van der Waals surface area contributed by atoms with Gasteiger partial charge in [0.1, 0.15) is 5.82 Å². The van der Waals surface area contributed by atoms with Gasteiger partial charge in [0, 0.05) is 12.2 Å². The molecular weight excluding hydrogens is 197 g/mol. The van der Waals surface area contributed by atoms with Crippen LogP contribution in [0.15, 0.2) is 18.2 Å². The van der Waals surface area contributed by atoms with Crippen molar-refractivity contribution in [1.82, 2.24) is 0 Å². The highest BCUT2D eigenvalue weighted by atomic mass is 32.2. The van der Waals surface area contributed by atoms with E-state index in [9.17, 15) is 4.39 Å². The summed E-state index contributed by atoms with van der Waals surface area (Å²) in [6, 6.07) is 4.84. The number of benzene rings is 1. The van der Waals surface area contributed by atoms with E-state index in [1.807, 2.05) is 18.7 Å². The Hall–Kier alpha value is -0.700. The van der Waals surface area contributed by atoms with Crippen molar-refractivity contribution in [1.29, 1.82) is 0 Å². The van der Waals surface area contributed by atoms with Gasteiger partial charge in [-0.2, -0.15) is 11.8 Å². The maximum atomic E-state index is 12.9. The lowest BCUT2D eigenvalue weighted by Gasteiger charge is -2.08. The molecule has 78 valence electrons. The summed E-state index contributed by atoms with van der Waals surface area (Å²) in [6.45, 7) is 2.89. The molecule has 0 saturated heterocycles. The SMILES string of the molecule is CSCCCNc1cc(F)ccc1C. The molecule has 0 heterocycles. The minimum absolute atomic E-state index is 0.178. The van der Waals surface area contributed by atoms with Gasteiger partial charge in [0.15, 0.2) is 0 Å². The van der Waals surface area contributed by atoms with Crippen molar-refractivity contribution >= 4 is 17.4 Å². The Bertz CT molecular complexity index is 289. The monoisotopic (exact) mass is 213 g/mol. The predicted octanol–water partition coefficient (Wildman–Crippen LogP) is 3.30. The van der Waals surface area contributed by atoms with Crippen LogP contribution >= 0.6 is 11.8 Å². The van der Waals surface area contributed by atoms with Crippen molar-refractivity contribution in [3.8, 4) is 0 Å². The summed E-state index contributed by atoms with van der Waals surface area (Å²) in [5.41, 5.74) is 2.00. The predicted molar refractivity (Wildman–Crippen MR) is 62.6 cm³/mol. The maximum absolute atomic E-state index is 12.9. The van der Waals surface area contributed by atoms with E-state index in [-0.39, 0.29) is 5.82 Å². The summed E-state index contributed by atoms with van der Waals surface area (Å²) < 4.78 is 12.9. The van der Waals surface area contributed by atoms with Gasteiger partial charge in [0.05, 0.1) is 0 Å². The van der Waals surface area contributed by atoms with Gasteiger partial charge in [-0.25, -0.2) is 4.39 Å². The Labute approximate surface area is 89.1 Å². The molecule has 1 nitrogen and oxygen atoms in total.